The summed E-state index contributed by atoms with van der Waals surface area (Å²) in [6.45, 7) is 0.512. The third-order valence-electron chi connectivity index (χ3n) is 3.28. The van der Waals surface area contributed by atoms with Crippen LogP contribution < -0.4 is 10.1 Å². The second-order valence-corrected chi connectivity index (χ2v) is 5.53. The number of nitrogens with one attached hydrogen (secondary N) is 1. The zero-order valence-corrected chi connectivity index (χ0v) is 12.6. The van der Waals surface area contributed by atoms with Crippen LogP contribution in [-0.2, 0) is 0 Å². The summed E-state index contributed by atoms with van der Waals surface area (Å²) >= 11 is 3.07. The summed E-state index contributed by atoms with van der Waals surface area (Å²) in [7, 11) is 0. The van der Waals surface area contributed by atoms with Crippen molar-refractivity contribution in [2.75, 3.05) is 6.61 Å². The van der Waals surface area contributed by atoms with E-state index in [0.29, 0.717) is 28.9 Å². The van der Waals surface area contributed by atoms with Crippen LogP contribution in [0.4, 0.5) is 4.39 Å². The molecule has 1 atom stereocenters. The summed E-state index contributed by atoms with van der Waals surface area (Å²) in [5.74, 6) is -0.117. The fourth-order valence-corrected chi connectivity index (χ4v) is 2.48. The van der Waals surface area contributed by atoms with Crippen molar-refractivity contribution in [1.29, 1.82) is 0 Å². The molecule has 108 valence electrons. The second-order valence-electron chi connectivity index (χ2n) is 4.68. The SMILES string of the molecule is O=C(NC1CCOc2cccnc21)c1ccc(Br)c(F)c1. The molecule has 1 N–H and O–H groups in total. The third-order valence-corrected chi connectivity index (χ3v) is 3.92. The molecule has 21 heavy (non-hydrogen) atoms. The Bertz CT molecular complexity index is 693. The molecule has 3 rings (SSSR count). The fourth-order valence-electron chi connectivity index (χ4n) is 2.23. The van der Waals surface area contributed by atoms with Gasteiger partial charge in [0, 0.05) is 18.2 Å². The molecular weight excluding hydrogens is 339 g/mol. The number of hydrogen-bond acceptors (Lipinski definition) is 3. The zero-order chi connectivity index (χ0) is 14.8. The van der Waals surface area contributed by atoms with Crippen molar-refractivity contribution in [2.45, 2.75) is 12.5 Å². The van der Waals surface area contributed by atoms with Crippen molar-refractivity contribution >= 4 is 21.8 Å². The van der Waals surface area contributed by atoms with Gasteiger partial charge in [0.2, 0.25) is 0 Å². The highest BCUT2D eigenvalue weighted by atomic mass is 79.9. The minimum Gasteiger partial charge on any atom is -0.491 e. The van der Waals surface area contributed by atoms with Gasteiger partial charge >= 0.3 is 0 Å². The Kier molecular flexibility index (Phi) is 3.88. The van der Waals surface area contributed by atoms with Crippen molar-refractivity contribution in [3.63, 3.8) is 0 Å². The zero-order valence-electron chi connectivity index (χ0n) is 11.0. The Morgan fingerprint density at radius 3 is 3.10 bits per heavy atom. The molecule has 0 bridgehead atoms. The number of hydrogen-bond donors (Lipinski definition) is 1. The highest BCUT2D eigenvalue weighted by molar-refractivity contribution is 9.10. The van der Waals surface area contributed by atoms with E-state index in [1.54, 1.807) is 18.3 Å². The molecule has 1 aliphatic heterocycles. The monoisotopic (exact) mass is 350 g/mol. The number of amides is 1. The lowest BCUT2D eigenvalue weighted by Crippen LogP contribution is -2.32. The van der Waals surface area contributed by atoms with Gasteiger partial charge < -0.3 is 10.1 Å². The van der Waals surface area contributed by atoms with Crippen LogP contribution in [0.2, 0.25) is 0 Å². The average molecular weight is 351 g/mol. The maximum atomic E-state index is 13.5. The number of carbonyl (C=O) groups is 1. The number of ether oxygens (including phenoxy) is 1. The summed E-state index contributed by atoms with van der Waals surface area (Å²) < 4.78 is 19.3. The highest BCUT2D eigenvalue weighted by Crippen LogP contribution is 2.29. The minimum atomic E-state index is -0.465. The molecule has 0 radical (unpaired) electrons. The lowest BCUT2D eigenvalue weighted by Gasteiger charge is -2.25. The topological polar surface area (TPSA) is 51.2 Å². The largest absolute Gasteiger partial charge is 0.491 e. The van der Waals surface area contributed by atoms with E-state index >= 15 is 0 Å². The molecule has 2 heterocycles. The van der Waals surface area contributed by atoms with Crippen LogP contribution >= 0.6 is 15.9 Å². The van der Waals surface area contributed by atoms with E-state index in [0.717, 1.165) is 0 Å². The molecule has 0 spiro atoms. The molecule has 0 aliphatic carbocycles. The number of aromatic nitrogens is 1. The predicted octanol–water partition coefficient (Wildman–Crippen LogP) is 3.24. The molecule has 6 heteroatoms. The number of fused-ring (bicyclic) bond motifs is 1. The van der Waals surface area contributed by atoms with Crippen molar-refractivity contribution in [2.24, 2.45) is 0 Å². The number of pyridine rings is 1. The standard InChI is InChI=1S/C15H12BrFN2O2/c16-10-4-3-9(8-11(10)17)15(20)19-12-5-7-21-13-2-1-6-18-14(12)13/h1-4,6,8,12H,5,7H2,(H,19,20). The number of nitrogens with zero attached hydrogens (tertiary/aromatic N) is 1. The molecule has 1 amide bonds. The first-order chi connectivity index (χ1) is 10.1. The Labute approximate surface area is 129 Å². The number of benzene rings is 1. The van der Waals surface area contributed by atoms with E-state index in [1.807, 2.05) is 6.07 Å². The number of halogens is 2. The van der Waals surface area contributed by atoms with Gasteiger partial charge in [-0.15, -0.1) is 0 Å². The number of carbonyl (C=O) groups excluding carboxylic acids is 1. The lowest BCUT2D eigenvalue weighted by molar-refractivity contribution is 0.0922. The predicted molar refractivity (Wildman–Crippen MR) is 78.7 cm³/mol. The number of rotatable bonds is 2. The van der Waals surface area contributed by atoms with Gasteiger partial charge in [0.05, 0.1) is 17.1 Å². The van der Waals surface area contributed by atoms with Gasteiger partial charge in [-0.25, -0.2) is 4.39 Å². The summed E-state index contributed by atoms with van der Waals surface area (Å²) in [5.41, 5.74) is 0.981. The molecular formula is C15H12BrFN2O2. The van der Waals surface area contributed by atoms with Crippen LogP contribution in [0.1, 0.15) is 28.5 Å². The molecule has 0 saturated carbocycles. The van der Waals surface area contributed by atoms with Gasteiger partial charge in [-0.3, -0.25) is 9.78 Å². The first-order valence-electron chi connectivity index (χ1n) is 6.49. The molecule has 2 aromatic rings. The Balaban J connectivity index is 1.81. The van der Waals surface area contributed by atoms with Gasteiger partial charge in [-0.05, 0) is 46.3 Å². The molecule has 1 aromatic carbocycles. The molecule has 0 saturated heterocycles. The van der Waals surface area contributed by atoms with E-state index in [9.17, 15) is 9.18 Å². The van der Waals surface area contributed by atoms with Gasteiger partial charge in [0.1, 0.15) is 17.3 Å². The highest BCUT2D eigenvalue weighted by Gasteiger charge is 2.24. The Morgan fingerprint density at radius 1 is 1.43 bits per heavy atom. The van der Waals surface area contributed by atoms with E-state index in [4.69, 9.17) is 4.74 Å². The van der Waals surface area contributed by atoms with E-state index in [-0.39, 0.29) is 17.5 Å². The Hall–Kier alpha value is -1.95. The minimum absolute atomic E-state index is 0.228. The first-order valence-corrected chi connectivity index (χ1v) is 7.28. The van der Waals surface area contributed by atoms with Crippen molar-refractivity contribution < 1.29 is 13.9 Å². The normalized spacial score (nSPS) is 16.8. The summed E-state index contributed by atoms with van der Waals surface area (Å²) in [6.07, 6.45) is 2.29. The van der Waals surface area contributed by atoms with Gasteiger partial charge in [0.15, 0.2) is 0 Å². The molecule has 0 fully saturated rings. The maximum absolute atomic E-state index is 13.5. The van der Waals surface area contributed by atoms with E-state index in [1.165, 1.54) is 12.1 Å². The van der Waals surface area contributed by atoms with Crippen molar-refractivity contribution in [3.8, 4) is 5.75 Å². The van der Waals surface area contributed by atoms with Crippen molar-refractivity contribution in [1.82, 2.24) is 10.3 Å². The van der Waals surface area contributed by atoms with Crippen molar-refractivity contribution in [3.05, 3.63) is 58.1 Å². The van der Waals surface area contributed by atoms with Gasteiger partial charge in [0.25, 0.3) is 5.91 Å². The summed E-state index contributed by atoms with van der Waals surface area (Å²) in [5, 5.41) is 2.87. The first kappa shape index (κ1) is 14.0. The quantitative estimate of drug-likeness (QED) is 0.904. The van der Waals surface area contributed by atoms with Gasteiger partial charge in [-0.2, -0.15) is 0 Å². The third kappa shape index (κ3) is 2.90. The molecule has 1 aliphatic rings. The second kappa shape index (κ2) is 5.81. The molecule has 1 aromatic heterocycles. The summed E-state index contributed by atoms with van der Waals surface area (Å²) in [4.78, 5) is 16.5. The lowest BCUT2D eigenvalue weighted by atomic mass is 10.1. The van der Waals surface area contributed by atoms with Gasteiger partial charge in [-0.1, -0.05) is 0 Å². The maximum Gasteiger partial charge on any atom is 0.251 e. The van der Waals surface area contributed by atoms with Crippen LogP contribution in [0.5, 0.6) is 5.75 Å². The average Bonchev–Trinajstić information content (AvgIpc) is 2.50. The van der Waals surface area contributed by atoms with Crippen LogP contribution in [0.3, 0.4) is 0 Å². The smallest absolute Gasteiger partial charge is 0.251 e. The fraction of sp³-hybridized carbons (Fsp3) is 0.200. The van der Waals surface area contributed by atoms with E-state index in [2.05, 4.69) is 26.2 Å². The van der Waals surface area contributed by atoms with Crippen LogP contribution in [0, 0.1) is 5.82 Å². The Morgan fingerprint density at radius 2 is 2.29 bits per heavy atom. The molecule has 4 nitrogen and oxygen atoms in total. The van der Waals surface area contributed by atoms with Crippen LogP contribution in [0.15, 0.2) is 41.0 Å². The summed E-state index contributed by atoms with van der Waals surface area (Å²) in [6, 6.07) is 7.67. The molecule has 1 unspecified atom stereocenters. The van der Waals surface area contributed by atoms with Crippen LogP contribution in [0.25, 0.3) is 0 Å². The van der Waals surface area contributed by atoms with E-state index < -0.39 is 5.82 Å². The van der Waals surface area contributed by atoms with Crippen LogP contribution in [-0.4, -0.2) is 17.5 Å².